The number of rotatable bonds is 3. The van der Waals surface area contributed by atoms with Crippen LogP contribution in [0.15, 0.2) is 35.6 Å². The van der Waals surface area contributed by atoms with Gasteiger partial charge in [-0.2, -0.15) is 13.2 Å². The van der Waals surface area contributed by atoms with Crippen molar-refractivity contribution in [3.8, 4) is 0 Å². The SMILES string of the molecule is CCOC(=O)C1C(c2cccc(Cl)c2)C2=C(CCC2=O)OC1(O)C(F)(F)F. The van der Waals surface area contributed by atoms with E-state index in [1.807, 2.05) is 0 Å². The summed E-state index contributed by atoms with van der Waals surface area (Å²) in [6, 6.07) is 5.80. The number of halogens is 4. The van der Waals surface area contributed by atoms with E-state index in [4.69, 9.17) is 21.1 Å². The quantitative estimate of drug-likeness (QED) is 0.781. The molecule has 0 saturated heterocycles. The average molecular weight is 405 g/mol. The summed E-state index contributed by atoms with van der Waals surface area (Å²) in [5.41, 5.74) is 0.138. The topological polar surface area (TPSA) is 72.8 Å². The van der Waals surface area contributed by atoms with Gasteiger partial charge in [-0.15, -0.1) is 0 Å². The van der Waals surface area contributed by atoms with Gasteiger partial charge in [-0.25, -0.2) is 0 Å². The molecule has 1 heterocycles. The van der Waals surface area contributed by atoms with Crippen molar-refractivity contribution in [3.63, 3.8) is 0 Å². The zero-order chi connectivity index (χ0) is 20.0. The molecule has 0 bridgehead atoms. The molecule has 3 unspecified atom stereocenters. The van der Waals surface area contributed by atoms with Crippen LogP contribution < -0.4 is 0 Å². The van der Waals surface area contributed by atoms with E-state index in [-0.39, 0.29) is 41.4 Å². The predicted octanol–water partition coefficient (Wildman–Crippen LogP) is 3.50. The molecule has 0 aromatic heterocycles. The largest absolute Gasteiger partial charge is 0.466 e. The first-order chi connectivity index (χ1) is 12.6. The number of allylic oxidation sites excluding steroid dienone is 2. The van der Waals surface area contributed by atoms with Crippen LogP contribution in [0, 0.1) is 5.92 Å². The van der Waals surface area contributed by atoms with Gasteiger partial charge in [-0.1, -0.05) is 23.7 Å². The van der Waals surface area contributed by atoms with Gasteiger partial charge in [0.05, 0.1) is 6.61 Å². The number of carbonyl (C=O) groups is 2. The molecule has 27 heavy (non-hydrogen) atoms. The minimum atomic E-state index is -5.30. The van der Waals surface area contributed by atoms with Gasteiger partial charge < -0.3 is 14.6 Å². The Morgan fingerprint density at radius 1 is 1.41 bits per heavy atom. The summed E-state index contributed by atoms with van der Waals surface area (Å²) in [7, 11) is 0. The fraction of sp³-hybridized carbons (Fsp3) is 0.444. The van der Waals surface area contributed by atoms with Crippen LogP contribution in [-0.4, -0.2) is 35.4 Å². The number of aliphatic hydroxyl groups is 1. The number of hydrogen-bond acceptors (Lipinski definition) is 5. The van der Waals surface area contributed by atoms with Crippen molar-refractivity contribution in [2.45, 2.75) is 37.6 Å². The van der Waals surface area contributed by atoms with Gasteiger partial charge in [0.1, 0.15) is 11.7 Å². The van der Waals surface area contributed by atoms with E-state index in [1.165, 1.54) is 31.2 Å². The monoisotopic (exact) mass is 404 g/mol. The maximum absolute atomic E-state index is 13.8. The van der Waals surface area contributed by atoms with E-state index in [9.17, 15) is 27.9 Å². The molecule has 1 aliphatic carbocycles. The predicted molar refractivity (Wildman–Crippen MR) is 87.7 cm³/mol. The average Bonchev–Trinajstić information content (AvgIpc) is 2.93. The summed E-state index contributed by atoms with van der Waals surface area (Å²) in [5.74, 6) is -9.44. The Labute approximate surface area is 157 Å². The van der Waals surface area contributed by atoms with Gasteiger partial charge in [0.2, 0.25) is 0 Å². The second-order valence-corrected chi connectivity index (χ2v) is 6.76. The van der Waals surface area contributed by atoms with Crippen LogP contribution in [0.2, 0.25) is 5.02 Å². The fourth-order valence-corrected chi connectivity index (χ4v) is 3.77. The van der Waals surface area contributed by atoms with Crippen LogP contribution in [0.25, 0.3) is 0 Å². The number of esters is 1. The van der Waals surface area contributed by atoms with Crippen molar-refractivity contribution in [3.05, 3.63) is 46.2 Å². The lowest BCUT2D eigenvalue weighted by atomic mass is 9.73. The van der Waals surface area contributed by atoms with Crippen molar-refractivity contribution in [1.29, 1.82) is 0 Å². The van der Waals surface area contributed by atoms with Crippen molar-refractivity contribution < 1.29 is 37.3 Å². The zero-order valence-corrected chi connectivity index (χ0v) is 14.9. The Balaban J connectivity index is 2.26. The first-order valence-corrected chi connectivity index (χ1v) is 8.64. The molecule has 9 heteroatoms. The number of ether oxygens (including phenoxy) is 2. The van der Waals surface area contributed by atoms with E-state index < -0.39 is 35.6 Å². The molecule has 1 aliphatic heterocycles. The first-order valence-electron chi connectivity index (χ1n) is 8.26. The van der Waals surface area contributed by atoms with Crippen LogP contribution >= 0.6 is 11.6 Å². The van der Waals surface area contributed by atoms with Crippen molar-refractivity contribution in [2.24, 2.45) is 5.92 Å². The molecule has 0 saturated carbocycles. The Bertz CT molecular complexity index is 819. The van der Waals surface area contributed by atoms with Crippen molar-refractivity contribution in [1.82, 2.24) is 0 Å². The fourth-order valence-electron chi connectivity index (χ4n) is 3.57. The second-order valence-electron chi connectivity index (χ2n) is 6.32. The van der Waals surface area contributed by atoms with Gasteiger partial charge in [0.25, 0.3) is 0 Å². The van der Waals surface area contributed by atoms with Crippen molar-refractivity contribution in [2.75, 3.05) is 6.61 Å². The zero-order valence-electron chi connectivity index (χ0n) is 14.2. The van der Waals surface area contributed by atoms with Crippen molar-refractivity contribution >= 4 is 23.4 Å². The number of carbonyl (C=O) groups excluding carboxylic acids is 2. The molecule has 146 valence electrons. The molecule has 0 spiro atoms. The third kappa shape index (κ3) is 3.21. The smallest absolute Gasteiger partial charge is 0.456 e. The lowest BCUT2D eigenvalue weighted by molar-refractivity contribution is -0.377. The van der Waals surface area contributed by atoms with E-state index >= 15 is 0 Å². The van der Waals surface area contributed by atoms with Gasteiger partial charge >= 0.3 is 17.9 Å². The highest BCUT2D eigenvalue weighted by Gasteiger charge is 2.70. The highest BCUT2D eigenvalue weighted by molar-refractivity contribution is 6.30. The Morgan fingerprint density at radius 2 is 2.11 bits per heavy atom. The number of alkyl halides is 3. The van der Waals surface area contributed by atoms with Crippen LogP contribution in [0.1, 0.15) is 31.2 Å². The molecule has 0 radical (unpaired) electrons. The summed E-state index contributed by atoms with van der Waals surface area (Å²) in [5, 5.41) is 10.7. The molecule has 1 aromatic carbocycles. The molecule has 2 aliphatic rings. The van der Waals surface area contributed by atoms with Gasteiger partial charge in [0, 0.05) is 29.4 Å². The maximum atomic E-state index is 13.8. The first kappa shape index (κ1) is 19.7. The summed E-state index contributed by atoms with van der Waals surface area (Å²) in [4.78, 5) is 24.9. The number of ketones is 1. The molecule has 0 fully saturated rings. The molecule has 3 rings (SSSR count). The number of benzene rings is 1. The minimum Gasteiger partial charge on any atom is -0.466 e. The Kier molecular flexibility index (Phi) is 4.98. The van der Waals surface area contributed by atoms with Crippen LogP contribution in [-0.2, 0) is 19.1 Å². The number of Topliss-reactive ketones (excluding diaryl/α,β-unsaturated/α-hetero) is 1. The lowest BCUT2D eigenvalue weighted by Gasteiger charge is -2.43. The Morgan fingerprint density at radius 3 is 2.70 bits per heavy atom. The van der Waals surface area contributed by atoms with E-state index in [2.05, 4.69) is 0 Å². The van der Waals surface area contributed by atoms with E-state index in [0.29, 0.717) is 0 Å². The summed E-state index contributed by atoms with van der Waals surface area (Å²) < 4.78 is 51.0. The summed E-state index contributed by atoms with van der Waals surface area (Å²) in [6.45, 7) is 1.22. The van der Waals surface area contributed by atoms with Gasteiger partial charge in [-0.05, 0) is 24.6 Å². The molecular formula is C18H16ClF3O5. The summed E-state index contributed by atoms with van der Waals surface area (Å²) in [6.07, 6.45) is -5.45. The van der Waals surface area contributed by atoms with Crippen LogP contribution in [0.4, 0.5) is 13.2 Å². The lowest BCUT2D eigenvalue weighted by Crippen LogP contribution is -2.60. The highest BCUT2D eigenvalue weighted by atomic mass is 35.5. The molecular weight excluding hydrogens is 389 g/mol. The summed E-state index contributed by atoms with van der Waals surface area (Å²) >= 11 is 5.96. The van der Waals surface area contributed by atoms with Crippen LogP contribution in [0.5, 0.6) is 0 Å². The van der Waals surface area contributed by atoms with Crippen LogP contribution in [0.3, 0.4) is 0 Å². The maximum Gasteiger partial charge on any atom is 0.456 e. The third-order valence-corrected chi connectivity index (χ3v) is 4.91. The second kappa shape index (κ2) is 6.83. The standard InChI is InChI=1S/C18H16ClF3O5/c1-2-26-16(24)15-13(9-4-3-5-10(19)8-9)14-11(23)6-7-12(14)27-17(15,25)18(20,21)22/h3-5,8,13,15,25H,2,6-7H2,1H3. The van der Waals surface area contributed by atoms with Gasteiger partial charge in [-0.3, -0.25) is 9.59 Å². The third-order valence-electron chi connectivity index (χ3n) is 4.68. The molecule has 5 nitrogen and oxygen atoms in total. The molecule has 3 atom stereocenters. The normalized spacial score (nSPS) is 28.0. The Hall–Kier alpha value is -2.06. The van der Waals surface area contributed by atoms with Gasteiger partial charge in [0.15, 0.2) is 5.78 Å². The highest BCUT2D eigenvalue weighted by Crippen LogP contribution is 2.54. The molecule has 1 aromatic rings. The minimum absolute atomic E-state index is 0.0516. The van der Waals surface area contributed by atoms with E-state index in [1.54, 1.807) is 0 Å². The number of hydrogen-bond donors (Lipinski definition) is 1. The molecule has 0 amide bonds. The van der Waals surface area contributed by atoms with E-state index in [0.717, 1.165) is 0 Å². The molecule has 1 N–H and O–H groups in total.